The average Bonchev–Trinajstić information content (AvgIpc) is 3.08. The Kier molecular flexibility index (Phi) is 8.15. The molecule has 1 fully saturated rings. The molecule has 0 saturated carbocycles. The lowest BCUT2D eigenvalue weighted by Gasteiger charge is -2.31. The molecule has 2 aromatic rings. The van der Waals surface area contributed by atoms with Crippen molar-refractivity contribution in [1.29, 1.82) is 0 Å². The van der Waals surface area contributed by atoms with E-state index in [0.29, 0.717) is 5.92 Å². The SMILES string of the molecule is Cc1nccn1Cc1nnc(C2CCN(CCN)CC2)n1C.Cl.Cl. The topological polar surface area (TPSA) is 77.8 Å². The monoisotopic (exact) mass is 375 g/mol. The summed E-state index contributed by atoms with van der Waals surface area (Å²) in [6.07, 6.45) is 6.07. The zero-order chi connectivity index (χ0) is 15.5. The number of nitrogens with two attached hydrogens (primary N) is 1. The summed E-state index contributed by atoms with van der Waals surface area (Å²) in [6.45, 7) is 6.67. The van der Waals surface area contributed by atoms with Crippen LogP contribution >= 0.6 is 24.8 Å². The third-order valence-corrected chi connectivity index (χ3v) is 4.63. The summed E-state index contributed by atoms with van der Waals surface area (Å²) < 4.78 is 4.25. The van der Waals surface area contributed by atoms with E-state index in [1.807, 2.05) is 19.3 Å². The van der Waals surface area contributed by atoms with E-state index in [4.69, 9.17) is 5.73 Å². The van der Waals surface area contributed by atoms with Gasteiger partial charge < -0.3 is 19.8 Å². The van der Waals surface area contributed by atoms with Gasteiger partial charge in [-0.25, -0.2) is 4.98 Å². The molecule has 24 heavy (non-hydrogen) atoms. The van der Waals surface area contributed by atoms with Gasteiger partial charge in [0.1, 0.15) is 11.6 Å². The van der Waals surface area contributed by atoms with Gasteiger partial charge in [0.2, 0.25) is 0 Å². The van der Waals surface area contributed by atoms with E-state index < -0.39 is 0 Å². The maximum absolute atomic E-state index is 5.63. The van der Waals surface area contributed by atoms with E-state index in [0.717, 1.165) is 63.0 Å². The molecule has 7 nitrogen and oxygen atoms in total. The summed E-state index contributed by atoms with van der Waals surface area (Å²) in [7, 11) is 2.07. The van der Waals surface area contributed by atoms with Gasteiger partial charge in [-0.05, 0) is 32.9 Å². The lowest BCUT2D eigenvalue weighted by Crippen LogP contribution is -2.36. The number of hydrogen-bond donors (Lipinski definition) is 1. The van der Waals surface area contributed by atoms with E-state index in [2.05, 4.69) is 36.3 Å². The Labute approximate surface area is 155 Å². The minimum absolute atomic E-state index is 0. The molecular weight excluding hydrogens is 349 g/mol. The van der Waals surface area contributed by atoms with Crippen LogP contribution in [0.3, 0.4) is 0 Å². The van der Waals surface area contributed by atoms with Gasteiger partial charge in [-0.15, -0.1) is 35.0 Å². The van der Waals surface area contributed by atoms with Crippen molar-refractivity contribution in [3.63, 3.8) is 0 Å². The lowest BCUT2D eigenvalue weighted by atomic mass is 9.96. The quantitative estimate of drug-likeness (QED) is 0.853. The molecule has 1 saturated heterocycles. The molecule has 0 atom stereocenters. The van der Waals surface area contributed by atoms with Crippen LogP contribution in [0.2, 0.25) is 0 Å². The van der Waals surface area contributed by atoms with Gasteiger partial charge >= 0.3 is 0 Å². The number of halogens is 2. The molecule has 3 heterocycles. The van der Waals surface area contributed by atoms with Crippen molar-refractivity contribution in [2.75, 3.05) is 26.2 Å². The minimum Gasteiger partial charge on any atom is -0.329 e. The zero-order valence-electron chi connectivity index (χ0n) is 14.3. The van der Waals surface area contributed by atoms with E-state index in [1.54, 1.807) is 0 Å². The fraction of sp³-hybridized carbons (Fsp3) is 0.667. The summed E-state index contributed by atoms with van der Waals surface area (Å²) in [4.78, 5) is 6.69. The van der Waals surface area contributed by atoms with E-state index in [9.17, 15) is 0 Å². The Morgan fingerprint density at radius 3 is 2.50 bits per heavy atom. The number of nitrogens with zero attached hydrogens (tertiary/aromatic N) is 6. The third kappa shape index (κ3) is 4.47. The van der Waals surface area contributed by atoms with Gasteiger partial charge in [-0.3, -0.25) is 0 Å². The van der Waals surface area contributed by atoms with Crippen molar-refractivity contribution in [2.24, 2.45) is 12.8 Å². The molecule has 1 aliphatic heterocycles. The maximum atomic E-state index is 5.63. The molecule has 136 valence electrons. The molecule has 3 rings (SSSR count). The molecule has 2 N–H and O–H groups in total. The molecule has 0 radical (unpaired) electrons. The molecule has 1 aliphatic rings. The number of rotatable bonds is 5. The summed E-state index contributed by atoms with van der Waals surface area (Å²) >= 11 is 0. The first-order chi connectivity index (χ1) is 10.7. The van der Waals surface area contributed by atoms with Crippen LogP contribution in [0.4, 0.5) is 0 Å². The Balaban J connectivity index is 0.00000144. The highest BCUT2D eigenvalue weighted by atomic mass is 35.5. The largest absolute Gasteiger partial charge is 0.329 e. The number of aromatic nitrogens is 5. The molecule has 0 aromatic carbocycles. The number of imidazole rings is 1. The molecule has 0 bridgehead atoms. The van der Waals surface area contributed by atoms with Crippen LogP contribution in [0.25, 0.3) is 0 Å². The van der Waals surface area contributed by atoms with Crippen molar-refractivity contribution < 1.29 is 0 Å². The predicted octanol–water partition coefficient (Wildman–Crippen LogP) is 1.35. The maximum Gasteiger partial charge on any atom is 0.152 e. The van der Waals surface area contributed by atoms with Crippen LogP contribution in [-0.4, -0.2) is 55.4 Å². The first-order valence-corrected chi connectivity index (χ1v) is 7.97. The van der Waals surface area contributed by atoms with Crippen molar-refractivity contribution in [3.8, 4) is 0 Å². The van der Waals surface area contributed by atoms with Crippen LogP contribution in [-0.2, 0) is 13.6 Å². The van der Waals surface area contributed by atoms with Gasteiger partial charge in [-0.2, -0.15) is 0 Å². The molecule has 0 aliphatic carbocycles. The first kappa shape index (κ1) is 20.9. The molecule has 0 unspecified atom stereocenters. The highest BCUT2D eigenvalue weighted by molar-refractivity contribution is 5.85. The fourth-order valence-corrected chi connectivity index (χ4v) is 3.19. The Bertz CT molecular complexity index is 617. The molecule has 2 aromatic heterocycles. The van der Waals surface area contributed by atoms with Crippen LogP contribution in [0.15, 0.2) is 12.4 Å². The van der Waals surface area contributed by atoms with Crippen LogP contribution in [0.1, 0.15) is 36.2 Å². The van der Waals surface area contributed by atoms with E-state index in [-0.39, 0.29) is 24.8 Å². The second-order valence-electron chi connectivity index (χ2n) is 6.04. The number of likely N-dealkylation sites (tertiary alicyclic amines) is 1. The van der Waals surface area contributed by atoms with Crippen molar-refractivity contribution in [3.05, 3.63) is 29.9 Å². The van der Waals surface area contributed by atoms with E-state index >= 15 is 0 Å². The molecule has 0 spiro atoms. The highest BCUT2D eigenvalue weighted by Crippen LogP contribution is 2.26. The van der Waals surface area contributed by atoms with Gasteiger partial charge in [0, 0.05) is 38.4 Å². The number of piperidine rings is 1. The zero-order valence-corrected chi connectivity index (χ0v) is 15.9. The summed E-state index contributed by atoms with van der Waals surface area (Å²) in [5.74, 6) is 3.60. The second-order valence-corrected chi connectivity index (χ2v) is 6.04. The number of hydrogen-bond acceptors (Lipinski definition) is 5. The standard InChI is InChI=1S/C15H25N7.2ClH/c1-12-17-6-10-22(12)11-14-18-19-15(20(14)2)13-3-7-21(8-4-13)9-5-16;;/h6,10,13H,3-5,7-9,11,16H2,1-2H3;2*1H. The van der Waals surface area contributed by atoms with Gasteiger partial charge in [0.25, 0.3) is 0 Å². The van der Waals surface area contributed by atoms with Crippen LogP contribution in [0, 0.1) is 6.92 Å². The van der Waals surface area contributed by atoms with Crippen LogP contribution in [0.5, 0.6) is 0 Å². The minimum atomic E-state index is 0. The predicted molar refractivity (Wildman–Crippen MR) is 99.0 cm³/mol. The Morgan fingerprint density at radius 1 is 1.21 bits per heavy atom. The van der Waals surface area contributed by atoms with Gasteiger partial charge in [0.15, 0.2) is 5.82 Å². The molecule has 9 heteroatoms. The van der Waals surface area contributed by atoms with Gasteiger partial charge in [0.05, 0.1) is 6.54 Å². The first-order valence-electron chi connectivity index (χ1n) is 7.97. The number of aryl methyl sites for hydroxylation is 1. The third-order valence-electron chi connectivity index (χ3n) is 4.63. The molecule has 0 amide bonds. The average molecular weight is 376 g/mol. The normalized spacial score (nSPS) is 15.8. The smallest absolute Gasteiger partial charge is 0.152 e. The van der Waals surface area contributed by atoms with Crippen molar-refractivity contribution >= 4 is 24.8 Å². The van der Waals surface area contributed by atoms with Crippen molar-refractivity contribution in [1.82, 2.24) is 29.2 Å². The Morgan fingerprint density at radius 2 is 1.92 bits per heavy atom. The van der Waals surface area contributed by atoms with Crippen LogP contribution < -0.4 is 5.73 Å². The van der Waals surface area contributed by atoms with Crippen molar-refractivity contribution in [2.45, 2.75) is 32.2 Å². The Hall–Kier alpha value is -1.15. The summed E-state index contributed by atoms with van der Waals surface area (Å²) in [5, 5.41) is 8.85. The molecular formula is C15H27Cl2N7. The second kappa shape index (κ2) is 9.36. The van der Waals surface area contributed by atoms with Gasteiger partial charge in [-0.1, -0.05) is 0 Å². The highest BCUT2D eigenvalue weighted by Gasteiger charge is 2.24. The fourth-order valence-electron chi connectivity index (χ4n) is 3.19. The summed E-state index contributed by atoms with van der Waals surface area (Å²) in [5.41, 5.74) is 5.63. The lowest BCUT2D eigenvalue weighted by molar-refractivity contribution is 0.213. The van der Waals surface area contributed by atoms with E-state index in [1.165, 1.54) is 0 Å². The summed E-state index contributed by atoms with van der Waals surface area (Å²) in [6, 6.07) is 0.